The average molecular weight is 435 g/mol. The second-order valence-electron chi connectivity index (χ2n) is 8.04. The SMILES string of the molecule is CCCN1CCC(NC(=O)CCSCc2nc3sc4c(c3c(=O)[nH]2)CCC4)CC1. The molecular formula is C21H30N4O2S2. The summed E-state index contributed by atoms with van der Waals surface area (Å²) in [6.45, 7) is 5.54. The average Bonchev–Trinajstić information content (AvgIpc) is 3.28. The van der Waals surface area contributed by atoms with Crippen molar-refractivity contribution in [3.05, 3.63) is 26.6 Å². The van der Waals surface area contributed by atoms with Crippen LogP contribution in [0.4, 0.5) is 0 Å². The zero-order valence-corrected chi connectivity index (χ0v) is 18.7. The number of aromatic amines is 1. The lowest BCUT2D eigenvalue weighted by Gasteiger charge is -2.32. The number of thiophene rings is 1. The zero-order chi connectivity index (χ0) is 20.2. The van der Waals surface area contributed by atoms with E-state index in [4.69, 9.17) is 0 Å². The molecule has 4 rings (SSSR count). The summed E-state index contributed by atoms with van der Waals surface area (Å²) in [6, 6.07) is 0.321. The van der Waals surface area contributed by atoms with Gasteiger partial charge in [-0.05, 0) is 50.6 Å². The van der Waals surface area contributed by atoms with E-state index in [2.05, 4.69) is 27.1 Å². The molecule has 29 heavy (non-hydrogen) atoms. The Balaban J connectivity index is 1.21. The molecule has 0 atom stereocenters. The van der Waals surface area contributed by atoms with Crippen LogP contribution in [0.2, 0.25) is 0 Å². The maximum Gasteiger partial charge on any atom is 0.259 e. The number of carbonyl (C=O) groups excluding carboxylic acids is 1. The van der Waals surface area contributed by atoms with Crippen LogP contribution in [-0.2, 0) is 23.4 Å². The molecule has 0 saturated carbocycles. The molecule has 0 radical (unpaired) electrons. The minimum Gasteiger partial charge on any atom is -0.353 e. The summed E-state index contributed by atoms with van der Waals surface area (Å²) in [7, 11) is 0. The van der Waals surface area contributed by atoms with Crippen LogP contribution in [-0.4, -0.2) is 52.2 Å². The Hall–Kier alpha value is -1.38. The summed E-state index contributed by atoms with van der Waals surface area (Å²) in [4.78, 5) is 37.0. The Morgan fingerprint density at radius 2 is 2.17 bits per heavy atom. The van der Waals surface area contributed by atoms with Gasteiger partial charge >= 0.3 is 0 Å². The van der Waals surface area contributed by atoms with Crippen LogP contribution in [0.3, 0.4) is 0 Å². The van der Waals surface area contributed by atoms with Crippen molar-refractivity contribution in [3.63, 3.8) is 0 Å². The summed E-state index contributed by atoms with van der Waals surface area (Å²) in [5, 5.41) is 3.99. The fraction of sp³-hybridized carbons (Fsp3) is 0.667. The molecule has 6 nitrogen and oxygen atoms in total. The van der Waals surface area contributed by atoms with Crippen molar-refractivity contribution in [2.24, 2.45) is 0 Å². The number of aryl methyl sites for hydroxylation is 2. The van der Waals surface area contributed by atoms with Crippen molar-refractivity contribution in [1.82, 2.24) is 20.2 Å². The zero-order valence-electron chi connectivity index (χ0n) is 17.1. The molecule has 0 unspecified atom stereocenters. The fourth-order valence-electron chi connectivity index (χ4n) is 4.37. The van der Waals surface area contributed by atoms with Gasteiger partial charge in [0.15, 0.2) is 0 Å². The Kier molecular flexibility index (Phi) is 6.92. The summed E-state index contributed by atoms with van der Waals surface area (Å²) in [6.07, 6.45) is 7.03. The smallest absolute Gasteiger partial charge is 0.259 e. The van der Waals surface area contributed by atoms with Crippen molar-refractivity contribution in [3.8, 4) is 0 Å². The first-order chi connectivity index (χ1) is 14.1. The molecular weight excluding hydrogens is 404 g/mol. The molecule has 2 aromatic heterocycles. The van der Waals surface area contributed by atoms with Gasteiger partial charge in [0.25, 0.3) is 5.56 Å². The number of hydrogen-bond donors (Lipinski definition) is 2. The molecule has 8 heteroatoms. The molecule has 158 valence electrons. The number of H-pyrrole nitrogens is 1. The molecule has 0 spiro atoms. The second-order valence-corrected chi connectivity index (χ2v) is 10.2. The number of nitrogens with one attached hydrogen (secondary N) is 2. The third-order valence-electron chi connectivity index (χ3n) is 5.83. The summed E-state index contributed by atoms with van der Waals surface area (Å²) >= 11 is 3.33. The lowest BCUT2D eigenvalue weighted by Crippen LogP contribution is -2.44. The van der Waals surface area contributed by atoms with Gasteiger partial charge in [-0.25, -0.2) is 4.98 Å². The van der Waals surface area contributed by atoms with Crippen LogP contribution in [0.15, 0.2) is 4.79 Å². The number of thioether (sulfide) groups is 1. The molecule has 2 N–H and O–H groups in total. The number of aromatic nitrogens is 2. The van der Waals surface area contributed by atoms with Gasteiger partial charge in [-0.1, -0.05) is 6.92 Å². The Labute approximate surface area is 179 Å². The first kappa shape index (κ1) is 20.9. The molecule has 1 saturated heterocycles. The molecule has 1 aliphatic carbocycles. The number of rotatable bonds is 8. The van der Waals surface area contributed by atoms with Gasteiger partial charge in [0, 0.05) is 36.2 Å². The van der Waals surface area contributed by atoms with Crippen molar-refractivity contribution < 1.29 is 4.79 Å². The highest BCUT2D eigenvalue weighted by atomic mass is 32.2. The first-order valence-electron chi connectivity index (χ1n) is 10.8. The number of nitrogens with zero attached hydrogens (tertiary/aromatic N) is 2. The lowest BCUT2D eigenvalue weighted by molar-refractivity contribution is -0.121. The second kappa shape index (κ2) is 9.62. The van der Waals surface area contributed by atoms with E-state index < -0.39 is 0 Å². The standard InChI is InChI=1S/C21H30N4O2S2/c1-2-9-25-10-6-14(7-11-25)22-18(26)8-12-28-13-17-23-20(27)19-15-4-3-5-16(15)29-21(19)24-17/h14H,2-13H2,1H3,(H,22,26)(H,23,24,27). The maximum absolute atomic E-state index is 12.5. The number of piperidine rings is 1. The van der Waals surface area contributed by atoms with Gasteiger partial charge in [-0.3, -0.25) is 9.59 Å². The molecule has 1 amide bonds. The van der Waals surface area contributed by atoms with Gasteiger partial charge < -0.3 is 15.2 Å². The van der Waals surface area contributed by atoms with Crippen molar-refractivity contribution in [1.29, 1.82) is 0 Å². The molecule has 0 bridgehead atoms. The molecule has 0 aromatic carbocycles. The number of likely N-dealkylation sites (tertiary alicyclic amines) is 1. The Morgan fingerprint density at radius 3 is 2.97 bits per heavy atom. The van der Waals surface area contributed by atoms with Crippen LogP contribution in [0.25, 0.3) is 10.2 Å². The van der Waals surface area contributed by atoms with Crippen molar-refractivity contribution in [2.45, 2.75) is 63.7 Å². The van der Waals surface area contributed by atoms with E-state index >= 15 is 0 Å². The predicted molar refractivity (Wildman–Crippen MR) is 121 cm³/mol. The third-order valence-corrected chi connectivity index (χ3v) is 7.98. The Morgan fingerprint density at radius 1 is 1.34 bits per heavy atom. The summed E-state index contributed by atoms with van der Waals surface area (Å²) < 4.78 is 0. The van der Waals surface area contributed by atoms with Gasteiger partial charge in [0.2, 0.25) is 5.91 Å². The highest BCUT2D eigenvalue weighted by Crippen LogP contribution is 2.34. The Bertz CT molecular complexity index is 915. The first-order valence-corrected chi connectivity index (χ1v) is 12.7. The van der Waals surface area contributed by atoms with E-state index in [1.54, 1.807) is 23.1 Å². The van der Waals surface area contributed by atoms with Crippen LogP contribution in [0.5, 0.6) is 0 Å². The van der Waals surface area contributed by atoms with E-state index in [-0.39, 0.29) is 11.5 Å². The monoisotopic (exact) mass is 434 g/mol. The molecule has 1 fully saturated rings. The van der Waals surface area contributed by atoms with Crippen LogP contribution in [0.1, 0.15) is 55.3 Å². The highest BCUT2D eigenvalue weighted by molar-refractivity contribution is 7.98. The van der Waals surface area contributed by atoms with E-state index in [9.17, 15) is 9.59 Å². The van der Waals surface area contributed by atoms with E-state index in [0.29, 0.717) is 18.2 Å². The number of fused-ring (bicyclic) bond motifs is 3. The van der Waals surface area contributed by atoms with Gasteiger partial charge in [-0.15, -0.1) is 11.3 Å². The quantitative estimate of drug-likeness (QED) is 0.624. The third kappa shape index (κ3) is 5.03. The molecule has 2 aromatic rings. The van der Waals surface area contributed by atoms with Gasteiger partial charge in [-0.2, -0.15) is 11.8 Å². The normalized spacial score (nSPS) is 17.7. The van der Waals surface area contributed by atoms with E-state index in [1.807, 2.05) is 0 Å². The van der Waals surface area contributed by atoms with Crippen LogP contribution < -0.4 is 10.9 Å². The van der Waals surface area contributed by atoms with Crippen LogP contribution in [0, 0.1) is 0 Å². The molecule has 3 heterocycles. The lowest BCUT2D eigenvalue weighted by atomic mass is 10.0. The predicted octanol–water partition coefficient (Wildman–Crippen LogP) is 3.09. The fourth-order valence-corrected chi connectivity index (χ4v) is 6.45. The highest BCUT2D eigenvalue weighted by Gasteiger charge is 2.21. The van der Waals surface area contributed by atoms with E-state index in [1.165, 1.54) is 16.9 Å². The molecule has 1 aliphatic heterocycles. The topological polar surface area (TPSA) is 78.1 Å². The summed E-state index contributed by atoms with van der Waals surface area (Å²) in [5.41, 5.74) is 1.22. The van der Waals surface area contributed by atoms with E-state index in [0.717, 1.165) is 73.5 Å². The number of carbonyl (C=O) groups is 1. The number of amides is 1. The maximum atomic E-state index is 12.5. The largest absolute Gasteiger partial charge is 0.353 e. The number of hydrogen-bond acceptors (Lipinski definition) is 6. The minimum absolute atomic E-state index is 0.00263. The molecule has 2 aliphatic rings. The van der Waals surface area contributed by atoms with Gasteiger partial charge in [0.05, 0.1) is 11.1 Å². The van der Waals surface area contributed by atoms with Crippen LogP contribution >= 0.6 is 23.1 Å². The van der Waals surface area contributed by atoms with Gasteiger partial charge in [0.1, 0.15) is 10.7 Å². The van der Waals surface area contributed by atoms with Crippen molar-refractivity contribution in [2.75, 3.05) is 25.4 Å². The minimum atomic E-state index is -0.00263. The summed E-state index contributed by atoms with van der Waals surface area (Å²) in [5.74, 6) is 2.23. The van der Waals surface area contributed by atoms with Crippen molar-refractivity contribution >= 4 is 39.2 Å².